The summed E-state index contributed by atoms with van der Waals surface area (Å²) in [5, 5.41) is 0. The first kappa shape index (κ1) is 12.9. The van der Waals surface area contributed by atoms with Crippen molar-refractivity contribution in [3.8, 4) is 11.5 Å². The minimum Gasteiger partial charge on any atom is -0.454 e. The Morgan fingerprint density at radius 2 is 2.23 bits per heavy atom. The molecule has 0 amide bonds. The summed E-state index contributed by atoms with van der Waals surface area (Å²) in [6.07, 6.45) is 4.59. The Bertz CT molecular complexity index is 671. The van der Waals surface area contributed by atoms with Crippen LogP contribution >= 0.6 is 0 Å². The maximum Gasteiger partial charge on any atom is 0.231 e. The predicted octanol–water partition coefficient (Wildman–Crippen LogP) is 2.28. The van der Waals surface area contributed by atoms with Gasteiger partial charge < -0.3 is 14.4 Å². The number of ether oxygens (including phenoxy) is 2. The first-order chi connectivity index (χ1) is 10.7. The van der Waals surface area contributed by atoms with Crippen LogP contribution in [-0.2, 0) is 16.6 Å². The molecule has 5 rings (SSSR count). The van der Waals surface area contributed by atoms with Gasteiger partial charge in [-0.2, -0.15) is 0 Å². The maximum absolute atomic E-state index is 12.3. The maximum atomic E-state index is 12.3. The summed E-state index contributed by atoms with van der Waals surface area (Å²) in [4.78, 5) is 14.8. The molecule has 116 valence electrons. The number of likely N-dealkylation sites (N-methyl/N-ethyl adjacent to an activating group) is 1. The monoisotopic (exact) mass is 299 g/mol. The fraction of sp³-hybridized carbons (Fsp3) is 0.611. The van der Waals surface area contributed by atoms with E-state index < -0.39 is 0 Å². The summed E-state index contributed by atoms with van der Waals surface area (Å²) >= 11 is 0. The molecular weight excluding hydrogens is 278 g/mol. The van der Waals surface area contributed by atoms with Gasteiger partial charge >= 0.3 is 0 Å². The summed E-state index contributed by atoms with van der Waals surface area (Å²) in [5.41, 5.74) is 2.66. The van der Waals surface area contributed by atoms with Gasteiger partial charge in [0.15, 0.2) is 11.5 Å². The number of rotatable bonds is 0. The molecule has 4 nitrogen and oxygen atoms in total. The predicted molar refractivity (Wildman–Crippen MR) is 81.3 cm³/mol. The smallest absolute Gasteiger partial charge is 0.231 e. The second-order valence-corrected chi connectivity index (χ2v) is 7.35. The number of nitrogens with zero attached hydrogens (tertiary/aromatic N) is 1. The van der Waals surface area contributed by atoms with Crippen molar-refractivity contribution in [1.29, 1.82) is 0 Å². The Kier molecular flexibility index (Phi) is 2.50. The average molecular weight is 299 g/mol. The number of Topliss-reactive ketones (excluding diaryl/α,β-unsaturated/α-hetero) is 1. The fourth-order valence-corrected chi connectivity index (χ4v) is 5.50. The van der Waals surface area contributed by atoms with Gasteiger partial charge in [-0.1, -0.05) is 6.07 Å². The van der Waals surface area contributed by atoms with Crippen LogP contribution in [0.5, 0.6) is 11.5 Å². The van der Waals surface area contributed by atoms with E-state index in [4.69, 9.17) is 9.47 Å². The zero-order valence-corrected chi connectivity index (χ0v) is 12.9. The van der Waals surface area contributed by atoms with Crippen LogP contribution in [-0.4, -0.2) is 37.1 Å². The van der Waals surface area contributed by atoms with Crippen molar-refractivity contribution < 1.29 is 14.3 Å². The SMILES string of the molecule is CN1CCC23CC(=O)CCC2C1Cc1ccc2c(c13)OCO2. The third-order valence-electron chi connectivity index (χ3n) is 6.45. The summed E-state index contributed by atoms with van der Waals surface area (Å²) in [6.45, 7) is 1.38. The Morgan fingerprint density at radius 3 is 3.14 bits per heavy atom. The van der Waals surface area contributed by atoms with Crippen molar-refractivity contribution in [2.24, 2.45) is 5.92 Å². The van der Waals surface area contributed by atoms with Gasteiger partial charge in [0, 0.05) is 29.9 Å². The lowest BCUT2D eigenvalue weighted by Gasteiger charge is -2.58. The van der Waals surface area contributed by atoms with Crippen LogP contribution in [0.15, 0.2) is 12.1 Å². The first-order valence-corrected chi connectivity index (χ1v) is 8.33. The van der Waals surface area contributed by atoms with Crippen LogP contribution in [0.4, 0.5) is 0 Å². The lowest BCUT2D eigenvalue weighted by Crippen LogP contribution is -2.60. The number of hydrogen-bond donors (Lipinski definition) is 0. The van der Waals surface area contributed by atoms with Crippen molar-refractivity contribution in [3.63, 3.8) is 0 Å². The molecule has 2 aliphatic carbocycles. The van der Waals surface area contributed by atoms with Gasteiger partial charge in [0.2, 0.25) is 6.79 Å². The largest absolute Gasteiger partial charge is 0.454 e. The van der Waals surface area contributed by atoms with E-state index in [9.17, 15) is 4.79 Å². The zero-order chi connectivity index (χ0) is 14.9. The highest BCUT2D eigenvalue weighted by molar-refractivity contribution is 5.82. The molecule has 3 unspecified atom stereocenters. The van der Waals surface area contributed by atoms with E-state index in [2.05, 4.69) is 18.0 Å². The lowest BCUT2D eigenvalue weighted by molar-refractivity contribution is -0.126. The average Bonchev–Trinajstić information content (AvgIpc) is 2.98. The van der Waals surface area contributed by atoms with E-state index in [1.807, 2.05) is 6.07 Å². The zero-order valence-electron chi connectivity index (χ0n) is 12.9. The minimum atomic E-state index is -0.0147. The Labute approximate surface area is 130 Å². The third-order valence-corrected chi connectivity index (χ3v) is 6.45. The Balaban J connectivity index is 1.76. The molecule has 4 heteroatoms. The second kappa shape index (κ2) is 4.25. The number of hydrogen-bond acceptors (Lipinski definition) is 4. The first-order valence-electron chi connectivity index (χ1n) is 8.33. The number of piperidine rings is 1. The molecule has 4 aliphatic rings. The van der Waals surface area contributed by atoms with Gasteiger partial charge in [0.05, 0.1) is 0 Å². The second-order valence-electron chi connectivity index (χ2n) is 7.35. The van der Waals surface area contributed by atoms with Gasteiger partial charge in [-0.3, -0.25) is 4.79 Å². The molecule has 2 aliphatic heterocycles. The van der Waals surface area contributed by atoms with E-state index in [-0.39, 0.29) is 5.41 Å². The summed E-state index contributed by atoms with van der Waals surface area (Å²) in [7, 11) is 2.24. The number of carbonyl (C=O) groups is 1. The summed E-state index contributed by atoms with van der Waals surface area (Å²) < 4.78 is 11.5. The Morgan fingerprint density at radius 1 is 1.32 bits per heavy atom. The van der Waals surface area contributed by atoms with Crippen LogP contribution in [0.25, 0.3) is 0 Å². The van der Waals surface area contributed by atoms with Crippen molar-refractivity contribution in [1.82, 2.24) is 4.90 Å². The summed E-state index contributed by atoms with van der Waals surface area (Å²) in [5.74, 6) is 2.79. The molecule has 2 bridgehead atoms. The molecule has 3 atom stereocenters. The van der Waals surface area contributed by atoms with Gasteiger partial charge in [-0.15, -0.1) is 0 Å². The van der Waals surface area contributed by atoms with E-state index in [1.165, 1.54) is 11.1 Å². The van der Waals surface area contributed by atoms with E-state index in [0.717, 1.165) is 43.7 Å². The van der Waals surface area contributed by atoms with Crippen molar-refractivity contribution >= 4 is 5.78 Å². The molecule has 22 heavy (non-hydrogen) atoms. The van der Waals surface area contributed by atoms with Crippen LogP contribution in [0, 0.1) is 5.92 Å². The molecule has 1 aromatic carbocycles. The van der Waals surface area contributed by atoms with E-state index in [1.54, 1.807) is 0 Å². The van der Waals surface area contributed by atoms with E-state index in [0.29, 0.717) is 31.0 Å². The Hall–Kier alpha value is -1.55. The standard InChI is InChI=1S/C18H21NO3/c1-19-7-6-18-9-12(20)3-4-13(18)14(19)8-11-2-5-15-17(16(11)18)22-10-21-15/h2,5,13-14H,3-4,6-10H2,1H3. The lowest BCUT2D eigenvalue weighted by atomic mass is 9.52. The molecule has 1 saturated heterocycles. The number of carbonyl (C=O) groups excluding carboxylic acids is 1. The minimum absolute atomic E-state index is 0.0147. The fourth-order valence-electron chi connectivity index (χ4n) is 5.50. The molecule has 1 aromatic rings. The molecule has 1 saturated carbocycles. The van der Waals surface area contributed by atoms with Crippen LogP contribution < -0.4 is 9.47 Å². The molecular formula is C18H21NO3. The van der Waals surface area contributed by atoms with Crippen LogP contribution in [0.1, 0.15) is 36.8 Å². The van der Waals surface area contributed by atoms with Gasteiger partial charge in [-0.05, 0) is 50.4 Å². The molecule has 0 aromatic heterocycles. The number of benzene rings is 1. The molecule has 2 fully saturated rings. The highest BCUT2D eigenvalue weighted by Gasteiger charge is 2.56. The molecule has 0 N–H and O–H groups in total. The molecule has 0 radical (unpaired) electrons. The molecule has 2 heterocycles. The van der Waals surface area contributed by atoms with Crippen molar-refractivity contribution in [2.75, 3.05) is 20.4 Å². The number of ketones is 1. The van der Waals surface area contributed by atoms with E-state index >= 15 is 0 Å². The quantitative estimate of drug-likeness (QED) is 0.737. The molecule has 0 spiro atoms. The number of fused-ring (bicyclic) bond motifs is 3. The van der Waals surface area contributed by atoms with Crippen molar-refractivity contribution in [3.05, 3.63) is 23.3 Å². The summed E-state index contributed by atoms with van der Waals surface area (Å²) in [6, 6.07) is 4.81. The number of likely N-dealkylation sites (tertiary alicyclic amines) is 1. The van der Waals surface area contributed by atoms with Gasteiger partial charge in [0.25, 0.3) is 0 Å². The van der Waals surface area contributed by atoms with Gasteiger partial charge in [-0.25, -0.2) is 0 Å². The van der Waals surface area contributed by atoms with Gasteiger partial charge in [0.1, 0.15) is 5.78 Å². The normalized spacial score (nSPS) is 36.0. The van der Waals surface area contributed by atoms with Crippen LogP contribution in [0.2, 0.25) is 0 Å². The topological polar surface area (TPSA) is 38.8 Å². The van der Waals surface area contributed by atoms with Crippen LogP contribution in [0.3, 0.4) is 0 Å². The third kappa shape index (κ3) is 1.49. The highest BCUT2D eigenvalue weighted by atomic mass is 16.7. The van der Waals surface area contributed by atoms with Crippen molar-refractivity contribution in [2.45, 2.75) is 43.6 Å². The highest BCUT2D eigenvalue weighted by Crippen LogP contribution is 2.59.